The lowest BCUT2D eigenvalue weighted by Gasteiger charge is -2.11. The molecule has 0 radical (unpaired) electrons. The number of nitrogens with two attached hydrogens (primary N) is 1. The number of carbonyl (C=O) groups is 3. The highest BCUT2D eigenvalue weighted by Gasteiger charge is 2.30. The number of primary amides is 1. The average Bonchev–Trinajstić information content (AvgIpc) is 2.77. The first-order valence-electron chi connectivity index (χ1n) is 9.64. The van der Waals surface area contributed by atoms with Crippen LogP contribution in [0.15, 0.2) is 72.8 Å². The van der Waals surface area contributed by atoms with Gasteiger partial charge in [-0.15, -0.1) is 0 Å². The molecule has 0 saturated carbocycles. The third-order valence-corrected chi connectivity index (χ3v) is 4.46. The van der Waals surface area contributed by atoms with Gasteiger partial charge in [0.1, 0.15) is 0 Å². The van der Waals surface area contributed by atoms with Gasteiger partial charge in [0.2, 0.25) is 11.8 Å². The average molecular weight is 456 g/mol. The first-order chi connectivity index (χ1) is 15.6. The van der Waals surface area contributed by atoms with Crippen LogP contribution < -0.4 is 21.7 Å². The lowest BCUT2D eigenvalue weighted by atomic mass is 10.1. The monoisotopic (exact) mass is 456 g/mol. The molecule has 0 bridgehead atoms. The predicted molar refractivity (Wildman–Crippen MR) is 118 cm³/mol. The van der Waals surface area contributed by atoms with E-state index in [1.807, 2.05) is 0 Å². The van der Waals surface area contributed by atoms with E-state index < -0.39 is 29.5 Å². The highest BCUT2D eigenvalue weighted by atomic mass is 19.4. The molecule has 0 aliphatic heterocycles. The summed E-state index contributed by atoms with van der Waals surface area (Å²) < 4.78 is 38.5. The van der Waals surface area contributed by atoms with E-state index in [0.29, 0.717) is 11.4 Å². The molecule has 170 valence electrons. The quantitative estimate of drug-likeness (QED) is 0.429. The lowest BCUT2D eigenvalue weighted by molar-refractivity contribution is -0.137. The van der Waals surface area contributed by atoms with Crippen molar-refractivity contribution >= 4 is 34.8 Å². The molecule has 0 heterocycles. The first kappa shape index (κ1) is 23.3. The fourth-order valence-electron chi connectivity index (χ4n) is 2.88. The van der Waals surface area contributed by atoms with E-state index in [1.165, 1.54) is 36.4 Å². The van der Waals surface area contributed by atoms with Gasteiger partial charge in [0, 0.05) is 28.2 Å². The van der Waals surface area contributed by atoms with Crippen molar-refractivity contribution in [3.05, 3.63) is 89.5 Å². The Hall–Kier alpha value is -4.34. The number of nitrogens with one attached hydrogen (secondary N) is 3. The third kappa shape index (κ3) is 6.57. The van der Waals surface area contributed by atoms with Crippen LogP contribution in [0.4, 0.5) is 30.2 Å². The maximum atomic E-state index is 12.8. The van der Waals surface area contributed by atoms with E-state index >= 15 is 0 Å². The summed E-state index contributed by atoms with van der Waals surface area (Å²) in [5, 5.41) is 7.90. The summed E-state index contributed by atoms with van der Waals surface area (Å²) in [6, 6.07) is 16.6. The Morgan fingerprint density at radius 3 is 2.00 bits per heavy atom. The van der Waals surface area contributed by atoms with Gasteiger partial charge in [0.25, 0.3) is 5.91 Å². The molecule has 0 fully saturated rings. The summed E-state index contributed by atoms with van der Waals surface area (Å²) in [4.78, 5) is 35.9. The first-order valence-corrected chi connectivity index (χ1v) is 9.64. The molecule has 0 spiro atoms. The van der Waals surface area contributed by atoms with Crippen LogP contribution in [0, 0.1) is 0 Å². The summed E-state index contributed by atoms with van der Waals surface area (Å²) in [5.41, 5.74) is 5.63. The van der Waals surface area contributed by atoms with Crippen LogP contribution in [0.25, 0.3) is 0 Å². The Kier molecular flexibility index (Phi) is 6.97. The van der Waals surface area contributed by atoms with Gasteiger partial charge in [-0.05, 0) is 54.6 Å². The van der Waals surface area contributed by atoms with Crippen LogP contribution in [-0.2, 0) is 11.0 Å². The molecule has 33 heavy (non-hydrogen) atoms. The number of hydrogen-bond donors (Lipinski definition) is 4. The van der Waals surface area contributed by atoms with Crippen molar-refractivity contribution in [1.82, 2.24) is 0 Å². The van der Waals surface area contributed by atoms with Gasteiger partial charge < -0.3 is 21.7 Å². The molecular formula is C23H19F3N4O3. The molecule has 3 rings (SSSR count). The second kappa shape index (κ2) is 9.86. The third-order valence-electron chi connectivity index (χ3n) is 4.46. The number of hydrogen-bond acceptors (Lipinski definition) is 4. The normalized spacial score (nSPS) is 10.9. The minimum Gasteiger partial charge on any atom is -0.376 e. The number of rotatable bonds is 7. The Bertz CT molecular complexity index is 1200. The van der Waals surface area contributed by atoms with E-state index in [2.05, 4.69) is 16.0 Å². The number of carbonyl (C=O) groups excluding carboxylic acids is 3. The van der Waals surface area contributed by atoms with Crippen molar-refractivity contribution in [1.29, 1.82) is 0 Å². The summed E-state index contributed by atoms with van der Waals surface area (Å²) in [6.07, 6.45) is -4.52. The largest absolute Gasteiger partial charge is 0.416 e. The molecule has 10 heteroatoms. The number of halogens is 3. The van der Waals surface area contributed by atoms with Crippen molar-refractivity contribution in [3.8, 4) is 0 Å². The lowest BCUT2D eigenvalue weighted by Crippen LogP contribution is -2.22. The van der Waals surface area contributed by atoms with Crippen LogP contribution in [0.3, 0.4) is 0 Å². The summed E-state index contributed by atoms with van der Waals surface area (Å²) >= 11 is 0. The van der Waals surface area contributed by atoms with Crippen LogP contribution in [0.1, 0.15) is 26.3 Å². The van der Waals surface area contributed by atoms with Gasteiger partial charge in [0.05, 0.1) is 12.1 Å². The number of benzene rings is 3. The molecule has 0 aliphatic carbocycles. The molecule has 3 amide bonds. The van der Waals surface area contributed by atoms with E-state index in [0.717, 1.165) is 12.1 Å². The molecule has 0 aliphatic rings. The minimum atomic E-state index is -4.52. The zero-order valence-corrected chi connectivity index (χ0v) is 17.1. The standard InChI is InChI=1S/C23H19F3N4O3/c24-23(25,26)16-6-3-9-19(12-16)30-22(33)15-5-2-7-17(11-15)28-13-20(31)29-18-8-1-4-14(10-18)21(27)32/h1-12,28H,13H2,(H2,27,32)(H,29,31)(H,30,33). The van der Waals surface area contributed by atoms with Gasteiger partial charge in [0.15, 0.2) is 0 Å². The molecule has 3 aromatic rings. The van der Waals surface area contributed by atoms with Crippen molar-refractivity contribution in [2.75, 3.05) is 22.5 Å². The smallest absolute Gasteiger partial charge is 0.376 e. The topological polar surface area (TPSA) is 113 Å². The van der Waals surface area contributed by atoms with Crippen molar-refractivity contribution < 1.29 is 27.6 Å². The molecule has 0 unspecified atom stereocenters. The van der Waals surface area contributed by atoms with Gasteiger partial charge in [-0.1, -0.05) is 18.2 Å². The maximum Gasteiger partial charge on any atom is 0.416 e. The highest BCUT2D eigenvalue weighted by molar-refractivity contribution is 6.05. The zero-order valence-electron chi connectivity index (χ0n) is 17.1. The second-order valence-electron chi connectivity index (χ2n) is 6.96. The van der Waals surface area contributed by atoms with E-state index in [-0.39, 0.29) is 23.4 Å². The molecule has 0 aromatic heterocycles. The van der Waals surface area contributed by atoms with Crippen LogP contribution in [0.5, 0.6) is 0 Å². The van der Waals surface area contributed by atoms with Gasteiger partial charge in [-0.25, -0.2) is 0 Å². The Morgan fingerprint density at radius 2 is 1.33 bits per heavy atom. The predicted octanol–water partition coefficient (Wildman–Crippen LogP) is 4.11. The summed E-state index contributed by atoms with van der Waals surface area (Å²) in [7, 11) is 0. The molecule has 3 aromatic carbocycles. The minimum absolute atomic E-state index is 0.00533. The molecule has 0 atom stereocenters. The summed E-state index contributed by atoms with van der Waals surface area (Å²) in [5.74, 6) is -1.63. The van der Waals surface area contributed by atoms with Gasteiger partial charge in [-0.3, -0.25) is 14.4 Å². The van der Waals surface area contributed by atoms with Crippen molar-refractivity contribution in [2.45, 2.75) is 6.18 Å². The van der Waals surface area contributed by atoms with Crippen LogP contribution in [0.2, 0.25) is 0 Å². The van der Waals surface area contributed by atoms with E-state index in [9.17, 15) is 27.6 Å². The Morgan fingerprint density at radius 1 is 0.758 bits per heavy atom. The van der Waals surface area contributed by atoms with Crippen molar-refractivity contribution in [2.24, 2.45) is 5.73 Å². The number of anilines is 3. The Balaban J connectivity index is 1.60. The SMILES string of the molecule is NC(=O)c1cccc(NC(=O)CNc2cccc(C(=O)Nc3cccc(C(F)(F)F)c3)c2)c1. The number of amides is 3. The highest BCUT2D eigenvalue weighted by Crippen LogP contribution is 2.30. The maximum absolute atomic E-state index is 12.8. The van der Waals surface area contributed by atoms with E-state index in [1.54, 1.807) is 24.3 Å². The van der Waals surface area contributed by atoms with Gasteiger partial charge >= 0.3 is 6.18 Å². The molecular weight excluding hydrogens is 437 g/mol. The van der Waals surface area contributed by atoms with E-state index in [4.69, 9.17) is 5.73 Å². The fourth-order valence-corrected chi connectivity index (χ4v) is 2.88. The second-order valence-corrected chi connectivity index (χ2v) is 6.96. The summed E-state index contributed by atoms with van der Waals surface area (Å²) in [6.45, 7) is -0.139. The van der Waals surface area contributed by atoms with Gasteiger partial charge in [-0.2, -0.15) is 13.2 Å². The molecule has 7 nitrogen and oxygen atoms in total. The van der Waals surface area contributed by atoms with Crippen molar-refractivity contribution in [3.63, 3.8) is 0 Å². The molecule has 5 N–H and O–H groups in total. The fraction of sp³-hybridized carbons (Fsp3) is 0.0870. The zero-order chi connectivity index (χ0) is 24.0. The molecule has 0 saturated heterocycles. The van der Waals surface area contributed by atoms with Crippen LogP contribution >= 0.6 is 0 Å². The Labute approximate surface area is 186 Å². The van der Waals surface area contributed by atoms with Crippen LogP contribution in [-0.4, -0.2) is 24.3 Å². The number of alkyl halides is 3.